The van der Waals surface area contributed by atoms with Crippen molar-refractivity contribution in [1.29, 1.82) is 0 Å². The number of amides is 1. The largest absolute Gasteiger partial charge is 0.423 e. The van der Waals surface area contributed by atoms with Gasteiger partial charge in [-0.05, 0) is 66.2 Å². The summed E-state index contributed by atoms with van der Waals surface area (Å²) in [6.45, 7) is 0. The molecular formula is C23H12Cl3NO3S2. The van der Waals surface area contributed by atoms with Gasteiger partial charge in [0.25, 0.3) is 5.91 Å². The van der Waals surface area contributed by atoms with E-state index in [2.05, 4.69) is 0 Å². The zero-order valence-electron chi connectivity index (χ0n) is 16.1. The van der Waals surface area contributed by atoms with Crippen LogP contribution in [0, 0.1) is 0 Å². The standard InChI is InChI=1S/C23H12Cl3NO3S2/c24-14-3-6-16(7-4-14)27-21(28)20(32-23(27)31)11-13-1-8-17(9-2-13)30-22(29)18-10-5-15(25)12-19(18)26/h1-12H/b20-11+. The molecule has 4 nitrogen and oxygen atoms in total. The highest BCUT2D eigenvalue weighted by Crippen LogP contribution is 2.36. The zero-order valence-corrected chi connectivity index (χ0v) is 20.0. The van der Waals surface area contributed by atoms with Crippen LogP contribution in [-0.4, -0.2) is 16.2 Å². The van der Waals surface area contributed by atoms with Crippen LogP contribution in [0.4, 0.5) is 5.69 Å². The highest BCUT2D eigenvalue weighted by Gasteiger charge is 2.33. The number of anilines is 1. The minimum Gasteiger partial charge on any atom is -0.423 e. The second-order valence-corrected chi connectivity index (χ2v) is 9.53. The van der Waals surface area contributed by atoms with Crippen molar-refractivity contribution in [3.8, 4) is 5.75 Å². The van der Waals surface area contributed by atoms with Gasteiger partial charge in [-0.1, -0.05) is 70.9 Å². The molecule has 0 unspecified atom stereocenters. The third kappa shape index (κ3) is 5.00. The van der Waals surface area contributed by atoms with E-state index in [1.165, 1.54) is 28.8 Å². The van der Waals surface area contributed by atoms with Crippen LogP contribution in [0.2, 0.25) is 15.1 Å². The maximum absolute atomic E-state index is 12.9. The highest BCUT2D eigenvalue weighted by molar-refractivity contribution is 8.27. The summed E-state index contributed by atoms with van der Waals surface area (Å²) >= 11 is 24.4. The number of benzene rings is 3. The van der Waals surface area contributed by atoms with Gasteiger partial charge in [-0.2, -0.15) is 0 Å². The van der Waals surface area contributed by atoms with Crippen molar-refractivity contribution in [3.63, 3.8) is 0 Å². The Labute approximate surface area is 208 Å². The first-order chi connectivity index (χ1) is 15.3. The van der Waals surface area contributed by atoms with Crippen molar-refractivity contribution in [2.24, 2.45) is 0 Å². The second-order valence-electron chi connectivity index (χ2n) is 6.58. The molecule has 0 aromatic heterocycles. The van der Waals surface area contributed by atoms with Crippen LogP contribution in [0.15, 0.2) is 71.6 Å². The van der Waals surface area contributed by atoms with Crippen molar-refractivity contribution in [3.05, 3.63) is 97.8 Å². The monoisotopic (exact) mass is 519 g/mol. The molecule has 0 bridgehead atoms. The Morgan fingerprint density at radius 1 is 0.938 bits per heavy atom. The molecule has 9 heteroatoms. The summed E-state index contributed by atoms with van der Waals surface area (Å²) in [6.07, 6.45) is 1.73. The Balaban J connectivity index is 1.48. The van der Waals surface area contributed by atoms with Crippen LogP contribution >= 0.6 is 58.8 Å². The molecule has 1 aliphatic rings. The van der Waals surface area contributed by atoms with Crippen LogP contribution in [-0.2, 0) is 4.79 Å². The first-order valence-electron chi connectivity index (χ1n) is 9.12. The van der Waals surface area contributed by atoms with Gasteiger partial charge in [-0.15, -0.1) is 0 Å². The molecule has 3 aromatic rings. The lowest BCUT2D eigenvalue weighted by Gasteiger charge is -2.14. The van der Waals surface area contributed by atoms with E-state index < -0.39 is 5.97 Å². The van der Waals surface area contributed by atoms with Crippen LogP contribution < -0.4 is 9.64 Å². The van der Waals surface area contributed by atoms with Gasteiger partial charge in [-0.3, -0.25) is 9.69 Å². The molecule has 160 valence electrons. The van der Waals surface area contributed by atoms with Crippen molar-refractivity contribution >= 4 is 86.7 Å². The number of hydrogen-bond donors (Lipinski definition) is 0. The fourth-order valence-corrected chi connectivity index (χ4v) is 4.79. The van der Waals surface area contributed by atoms with Gasteiger partial charge in [-0.25, -0.2) is 4.79 Å². The van der Waals surface area contributed by atoms with Gasteiger partial charge in [0.05, 0.1) is 21.2 Å². The van der Waals surface area contributed by atoms with Crippen molar-refractivity contribution in [1.82, 2.24) is 0 Å². The third-order valence-electron chi connectivity index (χ3n) is 4.42. The number of nitrogens with zero attached hydrogens (tertiary/aromatic N) is 1. The Morgan fingerprint density at radius 2 is 1.59 bits per heavy atom. The van der Waals surface area contributed by atoms with Gasteiger partial charge < -0.3 is 4.74 Å². The van der Waals surface area contributed by atoms with Gasteiger partial charge in [0, 0.05) is 10.0 Å². The predicted octanol–water partition coefficient (Wildman–Crippen LogP) is 7.27. The quantitative estimate of drug-likeness (QED) is 0.157. The Kier molecular flexibility index (Phi) is 6.88. The minimum absolute atomic E-state index is 0.210. The van der Waals surface area contributed by atoms with E-state index >= 15 is 0 Å². The number of carbonyl (C=O) groups excluding carboxylic acids is 2. The normalized spacial score (nSPS) is 14.8. The van der Waals surface area contributed by atoms with Gasteiger partial charge in [0.2, 0.25) is 0 Å². The van der Waals surface area contributed by atoms with Crippen LogP contribution in [0.1, 0.15) is 15.9 Å². The SMILES string of the molecule is O=C(Oc1ccc(/C=C2/SC(=S)N(c3ccc(Cl)cc3)C2=O)cc1)c1ccc(Cl)cc1Cl. The molecule has 0 spiro atoms. The van der Waals surface area contributed by atoms with E-state index in [0.29, 0.717) is 30.7 Å². The lowest BCUT2D eigenvalue weighted by molar-refractivity contribution is -0.113. The molecule has 1 amide bonds. The van der Waals surface area contributed by atoms with Crippen molar-refractivity contribution < 1.29 is 14.3 Å². The fraction of sp³-hybridized carbons (Fsp3) is 0. The van der Waals surface area contributed by atoms with Crippen molar-refractivity contribution in [2.75, 3.05) is 4.90 Å². The maximum Gasteiger partial charge on any atom is 0.345 e. The first-order valence-corrected chi connectivity index (χ1v) is 11.5. The molecule has 1 heterocycles. The summed E-state index contributed by atoms with van der Waals surface area (Å²) in [6, 6.07) is 18.2. The van der Waals surface area contributed by atoms with E-state index in [1.54, 1.807) is 60.7 Å². The summed E-state index contributed by atoms with van der Waals surface area (Å²) in [5.74, 6) is -0.467. The first kappa shape index (κ1) is 22.8. The highest BCUT2D eigenvalue weighted by atomic mass is 35.5. The van der Waals surface area contributed by atoms with Crippen LogP contribution in [0.25, 0.3) is 6.08 Å². The molecule has 3 aromatic carbocycles. The van der Waals surface area contributed by atoms with Crippen molar-refractivity contribution in [2.45, 2.75) is 0 Å². The number of thioether (sulfide) groups is 1. The average Bonchev–Trinajstić information content (AvgIpc) is 3.03. The third-order valence-corrected chi connectivity index (χ3v) is 6.52. The summed E-state index contributed by atoms with van der Waals surface area (Å²) in [7, 11) is 0. The summed E-state index contributed by atoms with van der Waals surface area (Å²) in [5.41, 5.74) is 1.63. The molecule has 0 atom stereocenters. The minimum atomic E-state index is -0.594. The molecule has 1 saturated heterocycles. The number of carbonyl (C=O) groups is 2. The van der Waals surface area contributed by atoms with Crippen LogP contribution in [0.3, 0.4) is 0 Å². The summed E-state index contributed by atoms with van der Waals surface area (Å²) in [5, 5.41) is 1.22. The maximum atomic E-state index is 12.9. The second kappa shape index (κ2) is 9.65. The molecule has 32 heavy (non-hydrogen) atoms. The predicted molar refractivity (Wildman–Crippen MR) is 135 cm³/mol. The van der Waals surface area contributed by atoms with E-state index in [-0.39, 0.29) is 16.5 Å². The van der Waals surface area contributed by atoms with E-state index in [1.807, 2.05) is 0 Å². The number of thiocarbonyl (C=S) groups is 1. The molecule has 0 radical (unpaired) electrons. The summed E-state index contributed by atoms with van der Waals surface area (Å²) < 4.78 is 5.81. The smallest absolute Gasteiger partial charge is 0.345 e. The Bertz CT molecular complexity index is 1260. The number of esters is 1. The Morgan fingerprint density at radius 3 is 2.25 bits per heavy atom. The summed E-state index contributed by atoms with van der Waals surface area (Å²) in [4.78, 5) is 27.2. The number of halogens is 3. The molecule has 0 saturated carbocycles. The molecule has 0 N–H and O–H groups in total. The number of ether oxygens (including phenoxy) is 1. The van der Waals surface area contributed by atoms with E-state index in [0.717, 1.165) is 5.56 Å². The number of hydrogen-bond acceptors (Lipinski definition) is 5. The molecule has 0 aliphatic carbocycles. The molecule has 1 aliphatic heterocycles. The van der Waals surface area contributed by atoms with Gasteiger partial charge in [0.1, 0.15) is 5.75 Å². The van der Waals surface area contributed by atoms with E-state index in [9.17, 15) is 9.59 Å². The van der Waals surface area contributed by atoms with Gasteiger partial charge >= 0.3 is 5.97 Å². The van der Waals surface area contributed by atoms with Gasteiger partial charge in [0.15, 0.2) is 4.32 Å². The lowest BCUT2D eigenvalue weighted by Crippen LogP contribution is -2.27. The zero-order chi connectivity index (χ0) is 22.8. The fourth-order valence-electron chi connectivity index (χ4n) is 2.88. The molecular weight excluding hydrogens is 509 g/mol. The lowest BCUT2D eigenvalue weighted by atomic mass is 10.2. The topological polar surface area (TPSA) is 46.6 Å². The number of rotatable bonds is 4. The average molecular weight is 521 g/mol. The van der Waals surface area contributed by atoms with E-state index in [4.69, 9.17) is 51.8 Å². The molecule has 4 rings (SSSR count). The Hall–Kier alpha value is -2.35. The van der Waals surface area contributed by atoms with Crippen LogP contribution in [0.5, 0.6) is 5.75 Å². The molecule has 1 fully saturated rings.